The molecule has 0 saturated carbocycles. The molecule has 3 amide bonds. The van der Waals surface area contributed by atoms with Crippen molar-refractivity contribution in [3.8, 4) is 22.5 Å². The van der Waals surface area contributed by atoms with Crippen LogP contribution >= 0.6 is 0 Å². The number of carbonyl (C=O) groups is 3. The topological polar surface area (TPSA) is 141 Å². The van der Waals surface area contributed by atoms with Gasteiger partial charge in [0.1, 0.15) is 11.6 Å². The maximum absolute atomic E-state index is 13.4. The van der Waals surface area contributed by atoms with E-state index in [1.165, 1.54) is 49.5 Å². The molecule has 12 heteroatoms. The monoisotopic (exact) mass is 572 g/mol. The van der Waals surface area contributed by atoms with Crippen molar-refractivity contribution in [2.75, 3.05) is 7.05 Å². The number of halogens is 4. The zero-order valence-electron chi connectivity index (χ0n) is 22.4. The standard InChI is InChI=1S/C25H19F4N3O3.C4H9NO/c1-31-23(34)20-18-12-17(14-3-2-4-15(11-14)22(30)33)19(9-10-25(27,28)29)32-24(18)35-21(20)13-5-7-16(26)8-6-13;1-3(2)4(5)6/h2-8,11-12H,9-10H2,1H3,(H2,30,33)(H,31,34);3H,1-2H3,(H2,5,6). The van der Waals surface area contributed by atoms with Gasteiger partial charge in [-0.15, -0.1) is 0 Å². The summed E-state index contributed by atoms with van der Waals surface area (Å²) in [5.74, 6) is -1.87. The Hall–Kier alpha value is -4.74. The van der Waals surface area contributed by atoms with Gasteiger partial charge in [-0.2, -0.15) is 13.2 Å². The van der Waals surface area contributed by atoms with Crippen molar-refractivity contribution >= 4 is 28.8 Å². The lowest BCUT2D eigenvalue weighted by atomic mass is 9.96. The number of fused-ring (bicyclic) bond motifs is 1. The smallest absolute Gasteiger partial charge is 0.389 e. The van der Waals surface area contributed by atoms with Crippen LogP contribution in [-0.2, 0) is 11.2 Å². The minimum Gasteiger partial charge on any atom is -0.437 e. The van der Waals surface area contributed by atoms with Crippen molar-refractivity contribution in [2.24, 2.45) is 17.4 Å². The number of furan rings is 1. The first kappa shape index (κ1) is 30.8. The number of nitrogens with zero attached hydrogens (tertiary/aromatic N) is 1. The van der Waals surface area contributed by atoms with E-state index in [0.29, 0.717) is 16.7 Å². The van der Waals surface area contributed by atoms with E-state index in [4.69, 9.17) is 15.9 Å². The highest BCUT2D eigenvalue weighted by atomic mass is 19.4. The normalized spacial score (nSPS) is 11.2. The third-order valence-electron chi connectivity index (χ3n) is 5.99. The molecular weight excluding hydrogens is 544 g/mol. The second-order valence-corrected chi connectivity index (χ2v) is 9.34. The van der Waals surface area contributed by atoms with Crippen LogP contribution in [0.25, 0.3) is 33.6 Å². The molecule has 0 aliphatic rings. The summed E-state index contributed by atoms with van der Waals surface area (Å²) in [4.78, 5) is 38.7. The highest BCUT2D eigenvalue weighted by Crippen LogP contribution is 2.37. The van der Waals surface area contributed by atoms with E-state index in [9.17, 15) is 31.9 Å². The van der Waals surface area contributed by atoms with Gasteiger partial charge >= 0.3 is 6.18 Å². The van der Waals surface area contributed by atoms with Crippen LogP contribution in [0.4, 0.5) is 17.6 Å². The Balaban J connectivity index is 0.000000696. The molecule has 2 aromatic carbocycles. The zero-order valence-corrected chi connectivity index (χ0v) is 22.4. The predicted octanol–water partition coefficient (Wildman–Crippen LogP) is 5.38. The number of aromatic nitrogens is 1. The maximum Gasteiger partial charge on any atom is 0.389 e. The Morgan fingerprint density at radius 1 is 1.00 bits per heavy atom. The van der Waals surface area contributed by atoms with Crippen LogP contribution < -0.4 is 16.8 Å². The summed E-state index contributed by atoms with van der Waals surface area (Å²) in [6.45, 7) is 3.53. The van der Waals surface area contributed by atoms with Gasteiger partial charge < -0.3 is 21.2 Å². The summed E-state index contributed by atoms with van der Waals surface area (Å²) in [6.07, 6.45) is -6.03. The molecule has 41 heavy (non-hydrogen) atoms. The molecule has 8 nitrogen and oxygen atoms in total. The highest BCUT2D eigenvalue weighted by molar-refractivity contribution is 6.11. The van der Waals surface area contributed by atoms with Crippen LogP contribution in [-0.4, -0.2) is 35.9 Å². The molecule has 0 fully saturated rings. The largest absolute Gasteiger partial charge is 0.437 e. The van der Waals surface area contributed by atoms with E-state index in [1.807, 2.05) is 0 Å². The zero-order chi connectivity index (χ0) is 30.5. The second kappa shape index (κ2) is 12.6. The van der Waals surface area contributed by atoms with Gasteiger partial charge in [-0.3, -0.25) is 14.4 Å². The molecular formula is C29H28F4N4O4. The van der Waals surface area contributed by atoms with Gasteiger partial charge in [0.25, 0.3) is 5.91 Å². The van der Waals surface area contributed by atoms with Gasteiger partial charge in [-0.05, 0) is 54.4 Å². The number of hydrogen-bond donors (Lipinski definition) is 3. The van der Waals surface area contributed by atoms with Crippen molar-refractivity contribution in [2.45, 2.75) is 32.9 Å². The first-order chi connectivity index (χ1) is 19.2. The van der Waals surface area contributed by atoms with E-state index in [2.05, 4.69) is 10.3 Å². The number of alkyl halides is 3. The van der Waals surface area contributed by atoms with E-state index >= 15 is 0 Å². The third kappa shape index (κ3) is 7.68. The quantitative estimate of drug-likeness (QED) is 0.255. The molecule has 0 radical (unpaired) electrons. The van der Waals surface area contributed by atoms with Crippen molar-refractivity contribution in [3.63, 3.8) is 0 Å². The molecule has 0 unspecified atom stereocenters. The molecule has 4 rings (SSSR count). The molecule has 0 saturated heterocycles. The third-order valence-corrected chi connectivity index (χ3v) is 5.99. The number of primary amides is 2. The molecule has 0 spiro atoms. The van der Waals surface area contributed by atoms with Crippen LogP contribution in [0.5, 0.6) is 0 Å². The van der Waals surface area contributed by atoms with E-state index in [0.717, 1.165) is 0 Å². The molecule has 0 aliphatic heterocycles. The van der Waals surface area contributed by atoms with Gasteiger partial charge in [0.05, 0.1) is 16.6 Å². The molecule has 0 bridgehead atoms. The number of nitrogens with one attached hydrogen (secondary N) is 1. The number of carbonyl (C=O) groups excluding carboxylic acids is 3. The summed E-state index contributed by atoms with van der Waals surface area (Å²) in [5, 5.41) is 2.76. The lowest BCUT2D eigenvalue weighted by Crippen LogP contribution is -2.18. The Labute approximate surface area is 232 Å². The Bertz CT molecular complexity index is 1580. The number of nitrogens with two attached hydrogens (primary N) is 2. The van der Waals surface area contributed by atoms with Crippen LogP contribution in [0.3, 0.4) is 0 Å². The number of amides is 3. The fraction of sp³-hybridized carbons (Fsp3) is 0.241. The molecule has 0 atom stereocenters. The van der Waals surface area contributed by atoms with Crippen molar-refractivity contribution in [3.05, 3.63) is 77.2 Å². The van der Waals surface area contributed by atoms with Crippen LogP contribution in [0.15, 0.2) is 59.0 Å². The van der Waals surface area contributed by atoms with Gasteiger partial charge in [-0.1, -0.05) is 26.0 Å². The van der Waals surface area contributed by atoms with Crippen LogP contribution in [0.2, 0.25) is 0 Å². The molecule has 216 valence electrons. The summed E-state index contributed by atoms with van der Waals surface area (Å²) >= 11 is 0. The van der Waals surface area contributed by atoms with Crippen molar-refractivity contribution < 1.29 is 36.4 Å². The number of benzene rings is 2. The Morgan fingerprint density at radius 3 is 2.17 bits per heavy atom. The first-order valence-corrected chi connectivity index (χ1v) is 12.4. The maximum atomic E-state index is 13.4. The van der Waals surface area contributed by atoms with Crippen molar-refractivity contribution in [1.82, 2.24) is 10.3 Å². The molecule has 4 aromatic rings. The Kier molecular flexibility index (Phi) is 9.48. The summed E-state index contributed by atoms with van der Waals surface area (Å²) in [5.41, 5.74) is 11.5. The van der Waals surface area contributed by atoms with E-state index < -0.39 is 36.6 Å². The molecule has 5 N–H and O–H groups in total. The fourth-order valence-corrected chi connectivity index (χ4v) is 3.75. The van der Waals surface area contributed by atoms with E-state index in [-0.39, 0.29) is 45.5 Å². The highest BCUT2D eigenvalue weighted by Gasteiger charge is 2.29. The molecule has 2 heterocycles. The molecule has 2 aromatic heterocycles. The van der Waals surface area contributed by atoms with Gasteiger partial charge in [0, 0.05) is 36.1 Å². The lowest BCUT2D eigenvalue weighted by Gasteiger charge is -2.12. The van der Waals surface area contributed by atoms with Crippen LogP contribution in [0.1, 0.15) is 46.7 Å². The second-order valence-electron chi connectivity index (χ2n) is 9.34. The van der Waals surface area contributed by atoms with Gasteiger partial charge in [-0.25, -0.2) is 9.37 Å². The minimum absolute atomic E-state index is 0.00926. The lowest BCUT2D eigenvalue weighted by molar-refractivity contribution is -0.134. The van der Waals surface area contributed by atoms with Gasteiger partial charge in [0.2, 0.25) is 17.5 Å². The average Bonchev–Trinajstić information content (AvgIpc) is 3.29. The molecule has 0 aliphatic carbocycles. The fourth-order valence-electron chi connectivity index (χ4n) is 3.75. The van der Waals surface area contributed by atoms with Gasteiger partial charge in [0.15, 0.2) is 0 Å². The van der Waals surface area contributed by atoms with Crippen molar-refractivity contribution in [1.29, 1.82) is 0 Å². The van der Waals surface area contributed by atoms with E-state index in [1.54, 1.807) is 26.0 Å². The number of hydrogen-bond acceptors (Lipinski definition) is 5. The predicted molar refractivity (Wildman–Crippen MR) is 145 cm³/mol. The number of pyridine rings is 1. The average molecular weight is 573 g/mol. The first-order valence-electron chi connectivity index (χ1n) is 12.4. The Morgan fingerprint density at radius 2 is 1.63 bits per heavy atom. The SMILES string of the molecule is CC(C)C(N)=O.CNC(=O)c1c(-c2ccc(F)cc2)oc2nc(CCC(F)(F)F)c(-c3cccc(C(N)=O)c3)cc12. The van der Waals surface area contributed by atoms with Crippen LogP contribution in [0, 0.1) is 11.7 Å². The minimum atomic E-state index is -4.43. The number of aryl methyl sites for hydroxylation is 1. The summed E-state index contributed by atoms with van der Waals surface area (Å²) < 4.78 is 58.4. The number of rotatable bonds is 7. The summed E-state index contributed by atoms with van der Waals surface area (Å²) in [7, 11) is 1.41. The summed E-state index contributed by atoms with van der Waals surface area (Å²) in [6, 6.07) is 12.8.